The van der Waals surface area contributed by atoms with E-state index in [1.165, 1.54) is 0 Å². The van der Waals surface area contributed by atoms with Gasteiger partial charge in [0.15, 0.2) is 0 Å². The number of aromatic nitrogens is 2. The van der Waals surface area contributed by atoms with Gasteiger partial charge in [-0.3, -0.25) is 19.6 Å². The molecule has 6 heteroatoms. The predicted molar refractivity (Wildman–Crippen MR) is 123 cm³/mol. The highest BCUT2D eigenvalue weighted by molar-refractivity contribution is 6.09. The summed E-state index contributed by atoms with van der Waals surface area (Å²) < 4.78 is 0. The first-order chi connectivity index (χ1) is 14.8. The van der Waals surface area contributed by atoms with Crippen LogP contribution in [-0.4, -0.2) is 28.8 Å². The molecule has 1 N–H and O–H groups in total. The lowest BCUT2D eigenvalue weighted by Gasteiger charge is -2.26. The van der Waals surface area contributed by atoms with E-state index in [1.807, 2.05) is 64.1 Å². The average molecular weight is 417 g/mol. The highest BCUT2D eigenvalue weighted by Gasteiger charge is 2.25. The van der Waals surface area contributed by atoms with Gasteiger partial charge in [0.2, 0.25) is 5.91 Å². The molecule has 0 aliphatic heterocycles. The van der Waals surface area contributed by atoms with Crippen LogP contribution in [0.25, 0.3) is 11.1 Å². The van der Waals surface area contributed by atoms with Crippen molar-refractivity contribution in [3.63, 3.8) is 0 Å². The summed E-state index contributed by atoms with van der Waals surface area (Å²) in [6.07, 6.45) is 4.81. The van der Waals surface area contributed by atoms with Crippen LogP contribution in [0, 0.1) is 12.8 Å². The number of carbonyl (C=O) groups excluding carboxylic acids is 2. The zero-order valence-corrected chi connectivity index (χ0v) is 18.6. The van der Waals surface area contributed by atoms with Crippen LogP contribution in [0.4, 0.5) is 5.69 Å². The van der Waals surface area contributed by atoms with E-state index in [0.29, 0.717) is 16.9 Å². The van der Waals surface area contributed by atoms with Crippen molar-refractivity contribution in [2.24, 2.45) is 5.92 Å². The summed E-state index contributed by atoms with van der Waals surface area (Å²) in [5.74, 6) is -0.536. The fourth-order valence-electron chi connectivity index (χ4n) is 3.43. The van der Waals surface area contributed by atoms with E-state index >= 15 is 0 Å². The monoisotopic (exact) mass is 416 g/mol. The van der Waals surface area contributed by atoms with E-state index in [2.05, 4.69) is 15.3 Å². The highest BCUT2D eigenvalue weighted by Crippen LogP contribution is 2.35. The zero-order valence-electron chi connectivity index (χ0n) is 18.6. The van der Waals surface area contributed by atoms with E-state index in [1.54, 1.807) is 36.6 Å². The molecule has 0 spiro atoms. The number of amides is 2. The molecule has 3 rings (SSSR count). The Kier molecular flexibility index (Phi) is 6.80. The van der Waals surface area contributed by atoms with Gasteiger partial charge in [-0.15, -0.1) is 0 Å². The molecule has 1 atom stereocenters. The molecule has 1 aromatic heterocycles. The van der Waals surface area contributed by atoms with E-state index in [-0.39, 0.29) is 23.8 Å². The minimum Gasteiger partial charge on any atom is -0.344 e. The average Bonchev–Trinajstić information content (AvgIpc) is 2.78. The number of rotatable bonds is 6. The molecule has 1 unspecified atom stereocenters. The lowest BCUT2D eigenvalue weighted by Crippen LogP contribution is -2.34. The largest absolute Gasteiger partial charge is 0.344 e. The molecule has 2 aromatic carbocycles. The summed E-state index contributed by atoms with van der Waals surface area (Å²) >= 11 is 0. The summed E-state index contributed by atoms with van der Waals surface area (Å²) in [5.41, 5.74) is 4.61. The Morgan fingerprint density at radius 3 is 2.32 bits per heavy atom. The maximum Gasteiger partial charge on any atom is 0.253 e. The Balaban J connectivity index is 2.06. The van der Waals surface area contributed by atoms with E-state index in [0.717, 1.165) is 16.7 Å². The van der Waals surface area contributed by atoms with Crippen molar-refractivity contribution in [3.8, 4) is 11.1 Å². The van der Waals surface area contributed by atoms with Crippen molar-refractivity contribution < 1.29 is 9.59 Å². The smallest absolute Gasteiger partial charge is 0.253 e. The lowest BCUT2D eigenvalue weighted by molar-refractivity contribution is -0.121. The van der Waals surface area contributed by atoms with Gasteiger partial charge in [0.25, 0.3) is 5.91 Å². The summed E-state index contributed by atoms with van der Waals surface area (Å²) in [6.45, 7) is 7.58. The normalized spacial score (nSPS) is 11.8. The van der Waals surface area contributed by atoms with Crippen LogP contribution in [0.15, 0.2) is 61.1 Å². The number of hydrogen-bond acceptors (Lipinski definition) is 4. The Labute approximate surface area is 183 Å². The van der Waals surface area contributed by atoms with Gasteiger partial charge in [0, 0.05) is 30.9 Å². The molecule has 2 amide bonds. The SMILES string of the molecule is Cc1ccc(-c2cccc(C(=O)NC(C)c3cnccn3)c2N(C)C(=O)C(C)C)cc1. The molecule has 0 aliphatic carbocycles. The third-order valence-electron chi connectivity index (χ3n) is 5.18. The summed E-state index contributed by atoms with van der Waals surface area (Å²) in [5, 5.41) is 2.98. The lowest BCUT2D eigenvalue weighted by atomic mass is 9.97. The van der Waals surface area contributed by atoms with Gasteiger partial charge in [-0.05, 0) is 25.5 Å². The maximum absolute atomic E-state index is 13.3. The Hall–Kier alpha value is -3.54. The number of nitrogens with one attached hydrogen (secondary N) is 1. The first-order valence-electron chi connectivity index (χ1n) is 10.3. The summed E-state index contributed by atoms with van der Waals surface area (Å²) in [6, 6.07) is 13.2. The van der Waals surface area contributed by atoms with Crippen molar-refractivity contribution in [2.45, 2.75) is 33.7 Å². The summed E-state index contributed by atoms with van der Waals surface area (Å²) in [4.78, 5) is 36.1. The molecule has 0 bridgehead atoms. The minimum absolute atomic E-state index is 0.0596. The molecule has 0 saturated carbocycles. The quantitative estimate of drug-likeness (QED) is 0.639. The first kappa shape index (κ1) is 22.2. The van der Waals surface area contributed by atoms with Gasteiger partial charge in [-0.2, -0.15) is 0 Å². The first-order valence-corrected chi connectivity index (χ1v) is 10.3. The van der Waals surface area contributed by atoms with Crippen molar-refractivity contribution in [1.29, 1.82) is 0 Å². The van der Waals surface area contributed by atoms with Gasteiger partial charge in [0.05, 0.1) is 29.2 Å². The molecule has 0 radical (unpaired) electrons. The molecule has 0 aliphatic rings. The molecular weight excluding hydrogens is 388 g/mol. The van der Waals surface area contributed by atoms with Crippen LogP contribution >= 0.6 is 0 Å². The molecular formula is C25H28N4O2. The van der Waals surface area contributed by atoms with Gasteiger partial charge in [-0.25, -0.2) is 0 Å². The number of anilines is 1. The van der Waals surface area contributed by atoms with E-state index in [4.69, 9.17) is 0 Å². The van der Waals surface area contributed by atoms with Crippen LogP contribution in [-0.2, 0) is 4.79 Å². The standard InChI is InChI=1S/C25H28N4O2/c1-16(2)25(31)29(5)23-20(19-11-9-17(3)10-12-19)7-6-8-21(23)24(30)28-18(4)22-15-26-13-14-27-22/h6-16,18H,1-5H3,(H,28,30). The number of aryl methyl sites for hydroxylation is 1. The van der Waals surface area contributed by atoms with E-state index < -0.39 is 0 Å². The third-order valence-corrected chi connectivity index (χ3v) is 5.18. The fraction of sp³-hybridized carbons (Fsp3) is 0.280. The maximum atomic E-state index is 13.3. The highest BCUT2D eigenvalue weighted by atomic mass is 16.2. The number of carbonyl (C=O) groups is 2. The number of hydrogen-bond donors (Lipinski definition) is 1. The number of para-hydroxylation sites is 1. The molecule has 0 fully saturated rings. The van der Waals surface area contributed by atoms with Crippen molar-refractivity contribution in [1.82, 2.24) is 15.3 Å². The second kappa shape index (κ2) is 9.51. The molecule has 0 saturated heterocycles. The van der Waals surface area contributed by atoms with Crippen LogP contribution in [0.5, 0.6) is 0 Å². The summed E-state index contributed by atoms with van der Waals surface area (Å²) in [7, 11) is 1.72. The van der Waals surface area contributed by atoms with Crippen molar-refractivity contribution >= 4 is 17.5 Å². The molecule has 160 valence electrons. The van der Waals surface area contributed by atoms with Crippen LogP contribution in [0.3, 0.4) is 0 Å². The minimum atomic E-state index is -0.330. The second-order valence-corrected chi connectivity index (χ2v) is 7.95. The molecule has 3 aromatic rings. The fourth-order valence-corrected chi connectivity index (χ4v) is 3.43. The number of nitrogens with zero attached hydrogens (tertiary/aromatic N) is 3. The molecule has 6 nitrogen and oxygen atoms in total. The van der Waals surface area contributed by atoms with Gasteiger partial charge >= 0.3 is 0 Å². The van der Waals surface area contributed by atoms with Gasteiger partial charge < -0.3 is 10.2 Å². The molecule has 31 heavy (non-hydrogen) atoms. The molecule has 1 heterocycles. The van der Waals surface area contributed by atoms with Crippen LogP contribution in [0.1, 0.15) is 48.4 Å². The topological polar surface area (TPSA) is 75.2 Å². The van der Waals surface area contributed by atoms with Crippen molar-refractivity contribution in [3.05, 3.63) is 77.9 Å². The van der Waals surface area contributed by atoms with Crippen molar-refractivity contribution in [2.75, 3.05) is 11.9 Å². The second-order valence-electron chi connectivity index (χ2n) is 7.95. The van der Waals surface area contributed by atoms with E-state index in [9.17, 15) is 9.59 Å². The Bertz CT molecular complexity index is 1060. The Morgan fingerprint density at radius 2 is 1.71 bits per heavy atom. The zero-order chi connectivity index (χ0) is 22.5. The van der Waals surface area contributed by atoms with Gasteiger partial charge in [0.1, 0.15) is 0 Å². The number of benzene rings is 2. The van der Waals surface area contributed by atoms with Gasteiger partial charge in [-0.1, -0.05) is 55.8 Å². The van der Waals surface area contributed by atoms with Crippen LogP contribution in [0.2, 0.25) is 0 Å². The van der Waals surface area contributed by atoms with Crippen LogP contribution < -0.4 is 10.2 Å². The Morgan fingerprint density at radius 1 is 1.00 bits per heavy atom. The third kappa shape index (κ3) is 4.97. The predicted octanol–water partition coefficient (Wildman–Crippen LogP) is 4.56.